The number of hydrogen-bond donors (Lipinski definition) is 2. The Balaban J connectivity index is 1.85. The van der Waals surface area contributed by atoms with E-state index in [1.807, 2.05) is 37.3 Å². The van der Waals surface area contributed by atoms with Crippen LogP contribution in [0.25, 0.3) is 5.69 Å². The summed E-state index contributed by atoms with van der Waals surface area (Å²) in [5.41, 5.74) is 4.30. The average Bonchev–Trinajstić information content (AvgIpc) is 2.84. The fourth-order valence-corrected chi connectivity index (χ4v) is 2.25. The third-order valence-corrected chi connectivity index (χ3v) is 3.35. The second kappa shape index (κ2) is 6.41. The van der Waals surface area contributed by atoms with Gasteiger partial charge >= 0.3 is 5.69 Å². The summed E-state index contributed by atoms with van der Waals surface area (Å²) in [4.78, 5) is 14.7. The van der Waals surface area contributed by atoms with E-state index in [0.29, 0.717) is 10.7 Å². The Kier molecular flexibility index (Phi) is 4.15. The number of hydrazone groups is 1. The van der Waals surface area contributed by atoms with Crippen LogP contribution >= 0.6 is 11.6 Å². The maximum Gasteiger partial charge on any atom is 0.363 e. The zero-order valence-corrected chi connectivity index (χ0v) is 12.8. The van der Waals surface area contributed by atoms with Crippen molar-refractivity contribution in [3.63, 3.8) is 0 Å². The van der Waals surface area contributed by atoms with Crippen LogP contribution in [0.1, 0.15) is 11.3 Å². The Morgan fingerprint density at radius 3 is 2.87 bits per heavy atom. The van der Waals surface area contributed by atoms with Gasteiger partial charge in [0.2, 0.25) is 0 Å². The van der Waals surface area contributed by atoms with Crippen LogP contribution in [0.5, 0.6) is 0 Å². The van der Waals surface area contributed by atoms with Crippen molar-refractivity contribution in [3.05, 3.63) is 63.4 Å². The molecule has 2 heterocycles. The van der Waals surface area contributed by atoms with Gasteiger partial charge in [0.15, 0.2) is 5.82 Å². The molecule has 0 atom stereocenters. The number of hydrogen-bond acceptors (Lipinski definition) is 6. The quantitative estimate of drug-likeness (QED) is 0.561. The Hall–Kier alpha value is -3.00. The highest BCUT2D eigenvalue weighted by Gasteiger charge is 2.12. The summed E-state index contributed by atoms with van der Waals surface area (Å²) >= 11 is 6.37. The number of aromatic amines is 1. The molecule has 2 aromatic heterocycles. The van der Waals surface area contributed by atoms with Crippen LogP contribution in [0.15, 0.2) is 46.4 Å². The van der Waals surface area contributed by atoms with Gasteiger partial charge in [0.1, 0.15) is 5.15 Å². The van der Waals surface area contributed by atoms with Crippen LogP contribution in [0.4, 0.5) is 5.82 Å². The Morgan fingerprint density at radius 1 is 1.35 bits per heavy atom. The molecule has 0 saturated carbocycles. The summed E-state index contributed by atoms with van der Waals surface area (Å²) in [6.07, 6.45) is 2.87. The Labute approximate surface area is 135 Å². The SMILES string of the molecule is Cc1nn(-c2ccccc2)c(Cl)c1/C=N/Nc1cn[nH]c(=O)n1. The number of rotatable bonds is 4. The molecule has 1 aromatic carbocycles. The van der Waals surface area contributed by atoms with E-state index in [0.717, 1.165) is 11.4 Å². The lowest BCUT2D eigenvalue weighted by molar-refractivity contribution is 0.863. The van der Waals surface area contributed by atoms with Crippen molar-refractivity contribution in [2.45, 2.75) is 6.92 Å². The molecule has 0 saturated heterocycles. The summed E-state index contributed by atoms with van der Waals surface area (Å²) in [6.45, 7) is 1.83. The lowest BCUT2D eigenvalue weighted by Crippen LogP contribution is -2.13. The van der Waals surface area contributed by atoms with Crippen molar-refractivity contribution in [1.29, 1.82) is 0 Å². The number of aryl methyl sites for hydroxylation is 1. The van der Waals surface area contributed by atoms with Crippen LogP contribution in [0.2, 0.25) is 5.15 Å². The third kappa shape index (κ3) is 3.27. The highest BCUT2D eigenvalue weighted by atomic mass is 35.5. The van der Waals surface area contributed by atoms with Crippen LogP contribution in [-0.4, -0.2) is 31.2 Å². The van der Waals surface area contributed by atoms with E-state index in [1.54, 1.807) is 4.68 Å². The summed E-state index contributed by atoms with van der Waals surface area (Å²) < 4.78 is 1.63. The second-order valence-electron chi connectivity index (χ2n) is 4.58. The van der Waals surface area contributed by atoms with E-state index in [1.165, 1.54) is 12.4 Å². The lowest BCUT2D eigenvalue weighted by Gasteiger charge is -2.01. The summed E-state index contributed by atoms with van der Waals surface area (Å²) in [7, 11) is 0. The smallest absolute Gasteiger partial charge is 0.260 e. The number of anilines is 1. The van der Waals surface area contributed by atoms with E-state index < -0.39 is 5.69 Å². The molecule has 0 amide bonds. The van der Waals surface area contributed by atoms with Gasteiger partial charge < -0.3 is 0 Å². The number of para-hydroxylation sites is 1. The largest absolute Gasteiger partial charge is 0.363 e. The molecule has 0 aliphatic rings. The van der Waals surface area contributed by atoms with Gasteiger partial charge in [-0.3, -0.25) is 5.43 Å². The van der Waals surface area contributed by atoms with Gasteiger partial charge in [0.05, 0.1) is 29.4 Å². The molecule has 0 radical (unpaired) electrons. The number of aromatic nitrogens is 5. The standard InChI is InChI=1S/C14H12ClN7O/c1-9-11(7-16-19-12-8-17-20-14(23)18-12)13(15)22(21-9)10-5-3-2-4-6-10/h2-8H,1H3,(H2,18,19,20,23)/b16-7+. The van der Waals surface area contributed by atoms with Gasteiger partial charge in [-0.1, -0.05) is 29.8 Å². The summed E-state index contributed by atoms with van der Waals surface area (Å²) in [5.74, 6) is 0.231. The van der Waals surface area contributed by atoms with E-state index in [-0.39, 0.29) is 5.82 Å². The molecular formula is C14H12ClN7O. The van der Waals surface area contributed by atoms with E-state index in [2.05, 4.69) is 30.8 Å². The van der Waals surface area contributed by atoms with Crippen LogP contribution < -0.4 is 11.1 Å². The molecule has 8 nitrogen and oxygen atoms in total. The summed E-state index contributed by atoms with van der Waals surface area (Å²) in [5, 5.41) is 14.6. The molecule has 116 valence electrons. The molecule has 0 bridgehead atoms. The Bertz CT molecular complexity index is 901. The summed E-state index contributed by atoms with van der Waals surface area (Å²) in [6, 6.07) is 9.54. The molecular weight excluding hydrogens is 318 g/mol. The van der Waals surface area contributed by atoms with Crippen molar-refractivity contribution in [2.24, 2.45) is 5.10 Å². The maximum absolute atomic E-state index is 11.0. The number of H-pyrrole nitrogens is 1. The second-order valence-corrected chi connectivity index (χ2v) is 4.94. The first kappa shape index (κ1) is 14.9. The van der Waals surface area contributed by atoms with Crippen molar-refractivity contribution < 1.29 is 0 Å². The monoisotopic (exact) mass is 329 g/mol. The van der Waals surface area contributed by atoms with Gasteiger partial charge in [-0.15, -0.1) is 0 Å². The molecule has 2 N–H and O–H groups in total. The highest BCUT2D eigenvalue weighted by Crippen LogP contribution is 2.21. The number of nitrogens with one attached hydrogen (secondary N) is 2. The number of halogens is 1. The molecule has 0 fully saturated rings. The van der Waals surface area contributed by atoms with Crippen LogP contribution in [0, 0.1) is 6.92 Å². The number of benzene rings is 1. The predicted octanol–water partition coefficient (Wildman–Crippen LogP) is 1.76. The van der Waals surface area contributed by atoms with Gasteiger partial charge in [-0.25, -0.2) is 14.6 Å². The van der Waals surface area contributed by atoms with Crippen molar-refractivity contribution in [1.82, 2.24) is 25.0 Å². The zero-order valence-electron chi connectivity index (χ0n) is 12.1. The van der Waals surface area contributed by atoms with Gasteiger partial charge in [0.25, 0.3) is 0 Å². The fraction of sp³-hybridized carbons (Fsp3) is 0.0714. The van der Waals surface area contributed by atoms with Crippen molar-refractivity contribution in [3.8, 4) is 5.69 Å². The highest BCUT2D eigenvalue weighted by molar-refractivity contribution is 6.32. The molecule has 0 aliphatic heterocycles. The first-order chi connectivity index (χ1) is 11.1. The van der Waals surface area contributed by atoms with Crippen molar-refractivity contribution >= 4 is 23.6 Å². The zero-order chi connectivity index (χ0) is 16.2. The first-order valence-electron chi connectivity index (χ1n) is 6.66. The fourth-order valence-electron chi connectivity index (χ4n) is 1.93. The van der Waals surface area contributed by atoms with Crippen LogP contribution in [0.3, 0.4) is 0 Å². The maximum atomic E-state index is 11.0. The van der Waals surface area contributed by atoms with E-state index in [4.69, 9.17) is 11.6 Å². The molecule has 0 spiro atoms. The first-order valence-corrected chi connectivity index (χ1v) is 7.04. The molecule has 9 heteroatoms. The van der Waals surface area contributed by atoms with Crippen molar-refractivity contribution in [2.75, 3.05) is 5.43 Å². The average molecular weight is 330 g/mol. The lowest BCUT2D eigenvalue weighted by atomic mass is 10.3. The normalized spacial score (nSPS) is 11.0. The van der Waals surface area contributed by atoms with Crippen LogP contribution in [-0.2, 0) is 0 Å². The number of nitrogens with zero attached hydrogens (tertiary/aromatic N) is 5. The minimum Gasteiger partial charge on any atom is -0.260 e. The van der Waals surface area contributed by atoms with Gasteiger partial charge in [0, 0.05) is 0 Å². The van der Waals surface area contributed by atoms with Gasteiger partial charge in [-0.2, -0.15) is 20.3 Å². The van der Waals surface area contributed by atoms with E-state index in [9.17, 15) is 4.79 Å². The van der Waals surface area contributed by atoms with Gasteiger partial charge in [-0.05, 0) is 19.1 Å². The minimum atomic E-state index is -0.559. The third-order valence-electron chi connectivity index (χ3n) is 2.99. The predicted molar refractivity (Wildman–Crippen MR) is 87.2 cm³/mol. The molecule has 23 heavy (non-hydrogen) atoms. The molecule has 3 aromatic rings. The molecule has 0 unspecified atom stereocenters. The molecule has 0 aliphatic carbocycles. The molecule has 3 rings (SSSR count). The minimum absolute atomic E-state index is 0.231. The van der Waals surface area contributed by atoms with E-state index >= 15 is 0 Å². The topological polar surface area (TPSA) is 101 Å². The Morgan fingerprint density at radius 2 is 2.13 bits per heavy atom.